The molecule has 4 heterocycles. The zero-order valence-electron chi connectivity index (χ0n) is 28.4. The van der Waals surface area contributed by atoms with Crippen LogP contribution in [0.4, 0.5) is 14.6 Å². The Morgan fingerprint density at radius 2 is 1.90 bits per heavy atom. The molecule has 2 bridgehead atoms. The van der Waals surface area contributed by atoms with Crippen molar-refractivity contribution in [2.45, 2.75) is 75.9 Å². The number of anilines is 1. The van der Waals surface area contributed by atoms with E-state index >= 15 is 8.78 Å². The van der Waals surface area contributed by atoms with Gasteiger partial charge in [-0.1, -0.05) is 13.0 Å². The van der Waals surface area contributed by atoms with Crippen LogP contribution in [0.15, 0.2) is 30.3 Å². The smallest absolute Gasteiger partial charge is 0.319 e. The van der Waals surface area contributed by atoms with Gasteiger partial charge in [0.05, 0.1) is 31.5 Å². The van der Waals surface area contributed by atoms with E-state index in [1.54, 1.807) is 12.1 Å². The maximum Gasteiger partial charge on any atom is 0.319 e. The highest BCUT2D eigenvalue weighted by atomic mass is 19.1. The summed E-state index contributed by atoms with van der Waals surface area (Å²) in [6.45, 7) is 7.06. The fourth-order valence-electron chi connectivity index (χ4n) is 9.07. The van der Waals surface area contributed by atoms with Gasteiger partial charge in [0.25, 0.3) is 0 Å². The van der Waals surface area contributed by atoms with E-state index < -0.39 is 11.6 Å². The van der Waals surface area contributed by atoms with E-state index in [9.17, 15) is 10.4 Å². The fourth-order valence-corrected chi connectivity index (χ4v) is 9.07. The van der Waals surface area contributed by atoms with Crippen LogP contribution < -0.4 is 15.0 Å². The first-order valence-electron chi connectivity index (χ1n) is 18.1. The summed E-state index contributed by atoms with van der Waals surface area (Å²) in [6, 6.07) is 10.4. The SMILES string of the molecule is CCc1c(F)ccc2cc(O)cc(-c3c(C#N)cc4c(N5CC6CCC(C5)N6)nc(OCC5(CN6CCOCC67CCC7)CC5)nc4c3F)c12. The molecule has 2 aliphatic carbocycles. The monoisotopic (exact) mass is 680 g/mol. The highest BCUT2D eigenvalue weighted by molar-refractivity contribution is 6.04. The van der Waals surface area contributed by atoms with Gasteiger partial charge in [0, 0.05) is 60.2 Å². The van der Waals surface area contributed by atoms with Gasteiger partial charge in [-0.2, -0.15) is 15.2 Å². The highest BCUT2D eigenvalue weighted by Crippen LogP contribution is 2.50. The predicted molar refractivity (Wildman–Crippen MR) is 186 cm³/mol. The normalized spacial score (nSPS) is 23.7. The molecule has 1 spiro atoms. The van der Waals surface area contributed by atoms with E-state index in [0.717, 1.165) is 52.0 Å². The van der Waals surface area contributed by atoms with Crippen LogP contribution >= 0.6 is 0 Å². The lowest BCUT2D eigenvalue weighted by Gasteiger charge is -2.53. The molecular weight excluding hydrogens is 638 g/mol. The van der Waals surface area contributed by atoms with Crippen molar-refractivity contribution in [2.75, 3.05) is 50.9 Å². The van der Waals surface area contributed by atoms with Crippen molar-refractivity contribution in [1.29, 1.82) is 5.26 Å². The van der Waals surface area contributed by atoms with Gasteiger partial charge < -0.3 is 24.8 Å². The number of piperazine rings is 1. The van der Waals surface area contributed by atoms with Gasteiger partial charge in [-0.3, -0.25) is 4.90 Å². The van der Waals surface area contributed by atoms with Crippen molar-refractivity contribution in [3.8, 4) is 29.0 Å². The molecule has 9 rings (SSSR count). The van der Waals surface area contributed by atoms with Gasteiger partial charge in [-0.15, -0.1) is 0 Å². The van der Waals surface area contributed by atoms with Crippen molar-refractivity contribution in [3.05, 3.63) is 53.1 Å². The minimum absolute atomic E-state index is 0.0119. The van der Waals surface area contributed by atoms with Crippen molar-refractivity contribution in [1.82, 2.24) is 20.2 Å². The Balaban J connectivity index is 1.15. The topological polar surface area (TPSA) is 107 Å². The quantitative estimate of drug-likeness (QED) is 0.224. The molecule has 0 radical (unpaired) electrons. The minimum Gasteiger partial charge on any atom is -0.508 e. The number of ether oxygens (including phenoxy) is 2. The number of aromatic hydroxyl groups is 1. The maximum absolute atomic E-state index is 17.3. The summed E-state index contributed by atoms with van der Waals surface area (Å²) in [7, 11) is 0. The van der Waals surface area contributed by atoms with E-state index in [2.05, 4.69) is 21.2 Å². The number of phenolic OH excluding ortho intramolecular Hbond substituents is 1. The number of fused-ring (bicyclic) bond motifs is 4. The molecular formula is C39H42F2N6O3. The number of phenols is 1. The lowest BCUT2D eigenvalue weighted by atomic mass is 9.74. The summed E-state index contributed by atoms with van der Waals surface area (Å²) in [5.41, 5.74) is 0.873. The van der Waals surface area contributed by atoms with Crippen LogP contribution in [0.25, 0.3) is 32.8 Å². The summed E-state index contributed by atoms with van der Waals surface area (Å²) in [6.07, 6.45) is 8.13. The summed E-state index contributed by atoms with van der Waals surface area (Å²) < 4.78 is 44.8. The van der Waals surface area contributed by atoms with Crippen LogP contribution in [0.3, 0.4) is 0 Å². The van der Waals surface area contributed by atoms with Gasteiger partial charge in [-0.25, -0.2) is 8.78 Å². The number of aromatic nitrogens is 2. The van der Waals surface area contributed by atoms with Gasteiger partial charge in [0.15, 0.2) is 5.82 Å². The van der Waals surface area contributed by atoms with E-state index in [1.165, 1.54) is 37.5 Å². The molecule has 3 aromatic carbocycles. The third-order valence-electron chi connectivity index (χ3n) is 12.1. The number of halogens is 2. The lowest BCUT2D eigenvalue weighted by Crippen LogP contribution is -2.62. The fraction of sp³-hybridized carbons (Fsp3) is 0.513. The number of benzene rings is 3. The third kappa shape index (κ3) is 5.26. The van der Waals surface area contributed by atoms with Gasteiger partial charge in [-0.05, 0) is 97.5 Å². The first-order valence-corrected chi connectivity index (χ1v) is 18.1. The highest BCUT2D eigenvalue weighted by Gasteiger charge is 2.52. The number of aryl methyl sites for hydroxylation is 1. The van der Waals surface area contributed by atoms with Crippen molar-refractivity contribution >= 4 is 27.5 Å². The molecule has 5 fully saturated rings. The van der Waals surface area contributed by atoms with E-state index in [1.807, 2.05) is 6.92 Å². The summed E-state index contributed by atoms with van der Waals surface area (Å²) in [5.74, 6) is -0.690. The van der Waals surface area contributed by atoms with Crippen LogP contribution in [0, 0.1) is 28.4 Å². The molecule has 0 amide bonds. The van der Waals surface area contributed by atoms with Crippen LogP contribution in [-0.2, 0) is 11.2 Å². The zero-order chi connectivity index (χ0) is 34.2. The minimum atomic E-state index is -0.717. The first-order chi connectivity index (χ1) is 24.3. The Hall–Kier alpha value is -4.11. The second-order valence-electron chi connectivity index (χ2n) is 15.3. The number of morpholine rings is 1. The second-order valence-corrected chi connectivity index (χ2v) is 15.3. The Morgan fingerprint density at radius 3 is 2.60 bits per heavy atom. The Kier molecular flexibility index (Phi) is 7.64. The number of hydrogen-bond donors (Lipinski definition) is 2. The standard InChI is InChI=1S/C39H42F2N6O3/c1-2-28-31(40)7-4-23-14-27(48)16-29(32(23)28)33-24(17-42)15-30-35(34(33)41)44-37(45-36(30)46-18-25-5-6-26(19-46)43-25)50-21-38(10-11-38)20-47-12-13-49-22-39(47)8-3-9-39/h4,7,14-16,25-26,43,48H,2-3,5-6,8-13,18-22H2,1H3. The second kappa shape index (κ2) is 12.0. The van der Waals surface area contributed by atoms with Gasteiger partial charge >= 0.3 is 6.01 Å². The molecule has 2 saturated carbocycles. The van der Waals surface area contributed by atoms with Crippen LogP contribution in [0.1, 0.15) is 63.0 Å². The molecule has 2 N–H and O–H groups in total. The largest absolute Gasteiger partial charge is 0.508 e. The molecule has 3 saturated heterocycles. The maximum atomic E-state index is 17.3. The Morgan fingerprint density at radius 1 is 1.10 bits per heavy atom. The molecule has 1 aromatic heterocycles. The average Bonchev–Trinajstić information content (AvgIpc) is 3.79. The lowest BCUT2D eigenvalue weighted by molar-refractivity contribution is -0.115. The molecule has 2 atom stereocenters. The van der Waals surface area contributed by atoms with Gasteiger partial charge in [0.2, 0.25) is 0 Å². The zero-order valence-corrected chi connectivity index (χ0v) is 28.4. The third-order valence-corrected chi connectivity index (χ3v) is 12.1. The Labute approximate surface area is 290 Å². The molecule has 50 heavy (non-hydrogen) atoms. The number of rotatable bonds is 8. The molecule has 9 nitrogen and oxygen atoms in total. The van der Waals surface area contributed by atoms with Crippen LogP contribution in [0.5, 0.6) is 11.8 Å². The number of nitrogens with zero attached hydrogens (tertiary/aromatic N) is 5. The molecule has 11 heteroatoms. The number of hydrogen-bond acceptors (Lipinski definition) is 9. The summed E-state index contributed by atoms with van der Waals surface area (Å²) >= 11 is 0. The summed E-state index contributed by atoms with van der Waals surface area (Å²) in [5, 5.41) is 26.3. The van der Waals surface area contributed by atoms with Crippen LogP contribution in [-0.4, -0.2) is 83.6 Å². The van der Waals surface area contributed by atoms with E-state index in [-0.39, 0.29) is 44.9 Å². The molecule has 3 aliphatic heterocycles. The number of nitrogens with one attached hydrogen (secondary N) is 1. The molecule has 260 valence electrons. The molecule has 2 unspecified atom stereocenters. The van der Waals surface area contributed by atoms with E-state index in [0.29, 0.717) is 65.7 Å². The van der Waals surface area contributed by atoms with Crippen LogP contribution in [0.2, 0.25) is 0 Å². The first kappa shape index (κ1) is 31.8. The Bertz CT molecular complexity index is 2050. The number of nitriles is 1. The van der Waals surface area contributed by atoms with Crippen molar-refractivity contribution in [3.63, 3.8) is 0 Å². The molecule has 4 aromatic rings. The average molecular weight is 681 g/mol. The van der Waals surface area contributed by atoms with Crippen molar-refractivity contribution < 1.29 is 23.4 Å². The summed E-state index contributed by atoms with van der Waals surface area (Å²) in [4.78, 5) is 14.4. The molecule has 5 aliphatic rings. The van der Waals surface area contributed by atoms with Gasteiger partial charge in [0.1, 0.15) is 22.9 Å². The predicted octanol–water partition coefficient (Wildman–Crippen LogP) is 6.22. The van der Waals surface area contributed by atoms with Crippen molar-refractivity contribution in [2.24, 2.45) is 5.41 Å². The van der Waals surface area contributed by atoms with E-state index in [4.69, 9.17) is 19.4 Å².